The third-order valence-corrected chi connectivity index (χ3v) is 12.6. The summed E-state index contributed by atoms with van der Waals surface area (Å²) in [5.41, 5.74) is 1.78. The fourth-order valence-corrected chi connectivity index (χ4v) is 10.5. The SMILES string of the molecule is Cc1ccc(S(=O)(=O)OI(OS(=O)(=O)c2ccc(C)cc2)c2ccccc2)cc1. The Balaban J connectivity index is 1.95. The van der Waals surface area contributed by atoms with E-state index in [9.17, 15) is 16.8 Å². The van der Waals surface area contributed by atoms with Gasteiger partial charge in [0.05, 0.1) is 0 Å². The molecule has 3 rings (SSSR count). The molecule has 0 aliphatic heterocycles. The van der Waals surface area contributed by atoms with E-state index in [1.165, 1.54) is 24.3 Å². The predicted octanol–water partition coefficient (Wildman–Crippen LogP) is 4.62. The molecular formula is C20H19IO6S2. The van der Waals surface area contributed by atoms with Gasteiger partial charge in [-0.25, -0.2) is 0 Å². The van der Waals surface area contributed by atoms with E-state index in [0.717, 1.165) is 11.1 Å². The van der Waals surface area contributed by atoms with E-state index in [1.54, 1.807) is 54.6 Å². The summed E-state index contributed by atoms with van der Waals surface area (Å²) in [4.78, 5) is -0.115. The molecule has 0 aromatic heterocycles. The standard InChI is InChI=1S/C20H19IO6S2/c1-16-8-12-19(13-9-16)28(22,23)26-21(18-6-4-3-5-7-18)27-29(24,25)20-14-10-17(2)11-15-20/h3-15H,1-2H3. The second-order valence-electron chi connectivity index (χ2n) is 6.17. The third-order valence-electron chi connectivity index (χ3n) is 3.81. The molecule has 3 aromatic carbocycles. The van der Waals surface area contributed by atoms with Crippen LogP contribution < -0.4 is 0 Å². The number of rotatable bonds is 7. The number of benzene rings is 3. The summed E-state index contributed by atoms with van der Waals surface area (Å²) in [6.07, 6.45) is 0. The van der Waals surface area contributed by atoms with Crippen molar-refractivity contribution in [1.82, 2.24) is 0 Å². The normalized spacial score (nSPS) is 12.6. The Kier molecular flexibility index (Phi) is 6.74. The van der Waals surface area contributed by atoms with Crippen molar-refractivity contribution in [3.8, 4) is 0 Å². The number of hydrogen-bond donors (Lipinski definition) is 0. The molecular weight excluding hydrogens is 527 g/mol. The molecule has 0 heterocycles. The fourth-order valence-electron chi connectivity index (χ4n) is 2.23. The van der Waals surface area contributed by atoms with Crippen LogP contribution in [-0.2, 0) is 25.3 Å². The van der Waals surface area contributed by atoms with E-state index in [0.29, 0.717) is 3.57 Å². The van der Waals surface area contributed by atoms with E-state index in [4.69, 9.17) is 5.03 Å². The molecule has 0 N–H and O–H groups in total. The third kappa shape index (κ3) is 5.64. The summed E-state index contributed by atoms with van der Waals surface area (Å²) in [5.74, 6) is 0. The first-order chi connectivity index (χ1) is 13.7. The van der Waals surface area contributed by atoms with Crippen molar-refractivity contribution in [2.75, 3.05) is 0 Å². The van der Waals surface area contributed by atoms with Crippen LogP contribution in [0.25, 0.3) is 0 Å². The van der Waals surface area contributed by atoms with Gasteiger partial charge in [0, 0.05) is 0 Å². The Bertz CT molecular complexity index is 1100. The molecule has 6 nitrogen and oxygen atoms in total. The van der Waals surface area contributed by atoms with Gasteiger partial charge in [-0.05, 0) is 0 Å². The summed E-state index contributed by atoms with van der Waals surface area (Å²) in [5, 5.41) is 0. The van der Waals surface area contributed by atoms with Crippen LogP contribution in [0.15, 0.2) is 88.7 Å². The van der Waals surface area contributed by atoms with Crippen molar-refractivity contribution in [2.45, 2.75) is 23.6 Å². The Morgan fingerprint density at radius 1 is 0.586 bits per heavy atom. The average Bonchev–Trinajstić information content (AvgIpc) is 2.68. The molecule has 0 unspecified atom stereocenters. The van der Waals surface area contributed by atoms with Crippen molar-refractivity contribution < 1.29 is 21.9 Å². The van der Waals surface area contributed by atoms with Crippen molar-refractivity contribution in [2.24, 2.45) is 0 Å². The van der Waals surface area contributed by atoms with Crippen molar-refractivity contribution in [3.05, 3.63) is 93.6 Å². The Hall–Kier alpha value is -1.79. The molecule has 0 aliphatic rings. The van der Waals surface area contributed by atoms with Gasteiger partial charge in [-0.2, -0.15) is 0 Å². The van der Waals surface area contributed by atoms with Crippen molar-refractivity contribution >= 4 is 40.9 Å². The topological polar surface area (TPSA) is 86.7 Å². The summed E-state index contributed by atoms with van der Waals surface area (Å²) < 4.78 is 62.1. The van der Waals surface area contributed by atoms with E-state index >= 15 is 0 Å². The van der Waals surface area contributed by atoms with Crippen LogP contribution in [0.2, 0.25) is 0 Å². The first-order valence-corrected chi connectivity index (χ1v) is 14.1. The monoisotopic (exact) mass is 546 g/mol. The Morgan fingerprint density at radius 3 is 1.34 bits per heavy atom. The molecule has 9 heteroatoms. The molecule has 0 saturated carbocycles. The summed E-state index contributed by atoms with van der Waals surface area (Å²) in [6, 6.07) is 20.5. The molecule has 3 aromatic rings. The van der Waals surface area contributed by atoms with Gasteiger partial charge in [-0.15, -0.1) is 0 Å². The average molecular weight is 546 g/mol. The van der Waals surface area contributed by atoms with E-state index < -0.39 is 40.9 Å². The first-order valence-electron chi connectivity index (χ1n) is 8.46. The van der Waals surface area contributed by atoms with Gasteiger partial charge in [-0.1, -0.05) is 0 Å². The zero-order valence-corrected chi connectivity index (χ0v) is 19.4. The summed E-state index contributed by atoms with van der Waals surface area (Å²) in [7, 11) is -8.41. The molecule has 0 radical (unpaired) electrons. The molecule has 0 amide bonds. The van der Waals surface area contributed by atoms with E-state index in [1.807, 2.05) is 13.8 Å². The van der Waals surface area contributed by atoms with Crippen LogP contribution >= 0.6 is 20.6 Å². The number of halogens is 1. The zero-order chi connectivity index (χ0) is 21.1. The molecule has 0 saturated heterocycles. The van der Waals surface area contributed by atoms with Gasteiger partial charge in [0.1, 0.15) is 0 Å². The van der Waals surface area contributed by atoms with E-state index in [2.05, 4.69) is 0 Å². The van der Waals surface area contributed by atoms with Crippen molar-refractivity contribution in [1.29, 1.82) is 0 Å². The summed E-state index contributed by atoms with van der Waals surface area (Å²) >= 11 is -3.60. The van der Waals surface area contributed by atoms with Crippen LogP contribution in [0, 0.1) is 17.4 Å². The molecule has 0 aliphatic carbocycles. The Morgan fingerprint density at radius 2 is 0.966 bits per heavy atom. The first kappa shape index (κ1) is 21.9. The van der Waals surface area contributed by atoms with Crippen LogP contribution in [-0.4, -0.2) is 16.8 Å². The quantitative estimate of drug-likeness (QED) is 0.402. The van der Waals surface area contributed by atoms with Gasteiger partial charge < -0.3 is 0 Å². The van der Waals surface area contributed by atoms with Gasteiger partial charge in [-0.3, -0.25) is 0 Å². The molecule has 154 valence electrons. The van der Waals surface area contributed by atoms with Crippen LogP contribution in [0.1, 0.15) is 11.1 Å². The van der Waals surface area contributed by atoms with Gasteiger partial charge in [0.25, 0.3) is 0 Å². The maximum absolute atomic E-state index is 12.7. The zero-order valence-electron chi connectivity index (χ0n) is 15.6. The summed E-state index contributed by atoms with van der Waals surface area (Å²) in [6.45, 7) is 3.66. The number of hydrogen-bond acceptors (Lipinski definition) is 6. The Labute approximate surface area is 179 Å². The van der Waals surface area contributed by atoms with Crippen LogP contribution in [0.3, 0.4) is 0 Å². The molecule has 29 heavy (non-hydrogen) atoms. The van der Waals surface area contributed by atoms with E-state index in [-0.39, 0.29) is 9.79 Å². The fraction of sp³-hybridized carbons (Fsp3) is 0.100. The van der Waals surface area contributed by atoms with Gasteiger partial charge in [0.15, 0.2) is 0 Å². The second kappa shape index (κ2) is 8.92. The minimum atomic E-state index is -4.21. The molecule has 0 atom stereocenters. The van der Waals surface area contributed by atoms with Gasteiger partial charge >= 0.3 is 180 Å². The second-order valence-corrected chi connectivity index (χ2v) is 13.8. The maximum atomic E-state index is 12.7. The molecule has 0 fully saturated rings. The molecule has 0 bridgehead atoms. The van der Waals surface area contributed by atoms with Gasteiger partial charge in [0.2, 0.25) is 0 Å². The van der Waals surface area contributed by atoms with Crippen LogP contribution in [0.4, 0.5) is 0 Å². The molecule has 0 spiro atoms. The van der Waals surface area contributed by atoms with Crippen LogP contribution in [0.5, 0.6) is 0 Å². The predicted molar refractivity (Wildman–Crippen MR) is 118 cm³/mol. The van der Waals surface area contributed by atoms with Crippen molar-refractivity contribution in [3.63, 3.8) is 0 Å². The number of aryl methyl sites for hydroxylation is 2. The minimum absolute atomic E-state index is 0.0577.